The summed E-state index contributed by atoms with van der Waals surface area (Å²) < 4.78 is 0. The minimum Gasteiger partial charge on any atom is -0.315 e. The van der Waals surface area contributed by atoms with E-state index in [-0.39, 0.29) is 0 Å². The number of nitrogens with zero attached hydrogens (tertiary/aromatic N) is 1. The SMILES string of the molecule is c1ccc(C2CNCC23CCCCC3)nc1. The minimum atomic E-state index is 0.520. The Morgan fingerprint density at radius 3 is 2.81 bits per heavy atom. The van der Waals surface area contributed by atoms with Gasteiger partial charge in [0.2, 0.25) is 0 Å². The van der Waals surface area contributed by atoms with Crippen LogP contribution in [0.15, 0.2) is 24.4 Å². The van der Waals surface area contributed by atoms with Gasteiger partial charge in [-0.3, -0.25) is 4.98 Å². The summed E-state index contributed by atoms with van der Waals surface area (Å²) in [6.45, 7) is 2.32. The zero-order valence-corrected chi connectivity index (χ0v) is 9.78. The maximum atomic E-state index is 4.57. The number of aromatic nitrogens is 1. The molecule has 1 aliphatic heterocycles. The summed E-state index contributed by atoms with van der Waals surface area (Å²) in [4.78, 5) is 4.57. The third kappa shape index (κ3) is 1.65. The molecule has 1 saturated heterocycles. The van der Waals surface area contributed by atoms with Crippen molar-refractivity contribution in [3.05, 3.63) is 30.1 Å². The molecule has 0 radical (unpaired) electrons. The summed E-state index contributed by atoms with van der Waals surface area (Å²) in [5, 5.41) is 3.59. The number of nitrogens with one attached hydrogen (secondary N) is 1. The Balaban J connectivity index is 1.89. The maximum Gasteiger partial charge on any atom is 0.0453 e. The van der Waals surface area contributed by atoms with E-state index in [4.69, 9.17) is 0 Å². The highest BCUT2D eigenvalue weighted by Gasteiger charge is 2.44. The molecule has 1 aromatic heterocycles. The van der Waals surface area contributed by atoms with Crippen molar-refractivity contribution in [3.63, 3.8) is 0 Å². The van der Waals surface area contributed by atoms with Gasteiger partial charge in [-0.1, -0.05) is 25.3 Å². The highest BCUT2D eigenvalue weighted by molar-refractivity contribution is 5.18. The van der Waals surface area contributed by atoms with Gasteiger partial charge in [0.15, 0.2) is 0 Å². The van der Waals surface area contributed by atoms with Gasteiger partial charge in [0, 0.05) is 30.9 Å². The zero-order valence-electron chi connectivity index (χ0n) is 9.78. The van der Waals surface area contributed by atoms with Crippen molar-refractivity contribution in [2.45, 2.75) is 38.0 Å². The molecule has 2 nitrogen and oxygen atoms in total. The molecule has 3 rings (SSSR count). The summed E-state index contributed by atoms with van der Waals surface area (Å²) >= 11 is 0. The van der Waals surface area contributed by atoms with Crippen LogP contribution in [0.25, 0.3) is 0 Å². The van der Waals surface area contributed by atoms with E-state index in [2.05, 4.69) is 22.4 Å². The first-order valence-electron chi connectivity index (χ1n) is 6.52. The molecule has 86 valence electrons. The fourth-order valence-electron chi connectivity index (χ4n) is 3.59. The molecule has 2 fully saturated rings. The second-order valence-electron chi connectivity index (χ2n) is 5.36. The normalized spacial score (nSPS) is 28.4. The van der Waals surface area contributed by atoms with Crippen LogP contribution < -0.4 is 5.32 Å². The lowest BCUT2D eigenvalue weighted by molar-refractivity contribution is 0.187. The van der Waals surface area contributed by atoms with Gasteiger partial charge in [-0.15, -0.1) is 0 Å². The van der Waals surface area contributed by atoms with E-state index in [0.29, 0.717) is 11.3 Å². The Hall–Kier alpha value is -0.890. The van der Waals surface area contributed by atoms with Crippen LogP contribution in [0.5, 0.6) is 0 Å². The summed E-state index contributed by atoms with van der Waals surface area (Å²) in [6, 6.07) is 6.34. The van der Waals surface area contributed by atoms with Crippen molar-refractivity contribution in [1.82, 2.24) is 10.3 Å². The highest BCUT2D eigenvalue weighted by Crippen LogP contribution is 2.48. The molecular formula is C14H20N2. The van der Waals surface area contributed by atoms with E-state index < -0.39 is 0 Å². The van der Waals surface area contributed by atoms with Crippen molar-refractivity contribution >= 4 is 0 Å². The average Bonchev–Trinajstić information content (AvgIpc) is 2.75. The molecule has 1 aliphatic carbocycles. The van der Waals surface area contributed by atoms with Crippen LogP contribution in [0.1, 0.15) is 43.7 Å². The number of hydrogen-bond donors (Lipinski definition) is 1. The third-order valence-corrected chi connectivity index (χ3v) is 4.46. The van der Waals surface area contributed by atoms with Crippen LogP contribution in [-0.4, -0.2) is 18.1 Å². The second-order valence-corrected chi connectivity index (χ2v) is 5.36. The van der Waals surface area contributed by atoms with Crippen molar-refractivity contribution in [2.75, 3.05) is 13.1 Å². The van der Waals surface area contributed by atoms with Gasteiger partial charge >= 0.3 is 0 Å². The second kappa shape index (κ2) is 4.17. The Bertz CT molecular complexity index is 341. The maximum absolute atomic E-state index is 4.57. The zero-order chi connectivity index (χ0) is 10.8. The molecule has 1 aromatic rings. The first-order valence-corrected chi connectivity index (χ1v) is 6.52. The lowest BCUT2D eigenvalue weighted by atomic mass is 9.67. The minimum absolute atomic E-state index is 0.520. The van der Waals surface area contributed by atoms with Gasteiger partial charge in [0.05, 0.1) is 0 Å². The molecule has 2 aliphatic rings. The first-order chi connectivity index (χ1) is 7.91. The lowest BCUT2D eigenvalue weighted by Gasteiger charge is -2.37. The van der Waals surface area contributed by atoms with Gasteiger partial charge < -0.3 is 5.32 Å². The van der Waals surface area contributed by atoms with Crippen molar-refractivity contribution in [1.29, 1.82) is 0 Å². The van der Waals surface area contributed by atoms with E-state index in [1.807, 2.05) is 12.3 Å². The summed E-state index contributed by atoms with van der Waals surface area (Å²) in [5.41, 5.74) is 1.82. The molecule has 1 N–H and O–H groups in total. The molecule has 2 heterocycles. The molecule has 1 spiro atoms. The number of rotatable bonds is 1. The van der Waals surface area contributed by atoms with Crippen LogP contribution in [0.3, 0.4) is 0 Å². The van der Waals surface area contributed by atoms with E-state index in [1.165, 1.54) is 44.3 Å². The van der Waals surface area contributed by atoms with Crippen LogP contribution in [0, 0.1) is 5.41 Å². The highest BCUT2D eigenvalue weighted by atomic mass is 15.0. The topological polar surface area (TPSA) is 24.9 Å². The molecule has 2 heteroatoms. The predicted octanol–water partition coefficient (Wildman–Crippen LogP) is 2.72. The Kier molecular flexibility index (Phi) is 2.68. The molecular weight excluding hydrogens is 196 g/mol. The van der Waals surface area contributed by atoms with E-state index >= 15 is 0 Å². The Labute approximate surface area is 97.5 Å². The smallest absolute Gasteiger partial charge is 0.0453 e. The first kappa shape index (κ1) is 10.3. The van der Waals surface area contributed by atoms with Crippen LogP contribution in [0.2, 0.25) is 0 Å². The van der Waals surface area contributed by atoms with E-state index in [0.717, 1.165) is 6.54 Å². The fourth-order valence-corrected chi connectivity index (χ4v) is 3.59. The van der Waals surface area contributed by atoms with Crippen LogP contribution in [0.4, 0.5) is 0 Å². The van der Waals surface area contributed by atoms with Crippen molar-refractivity contribution in [2.24, 2.45) is 5.41 Å². The van der Waals surface area contributed by atoms with Crippen molar-refractivity contribution in [3.8, 4) is 0 Å². The van der Waals surface area contributed by atoms with E-state index in [9.17, 15) is 0 Å². The molecule has 16 heavy (non-hydrogen) atoms. The predicted molar refractivity (Wildman–Crippen MR) is 65.4 cm³/mol. The monoisotopic (exact) mass is 216 g/mol. The van der Waals surface area contributed by atoms with Gasteiger partial charge in [-0.25, -0.2) is 0 Å². The largest absolute Gasteiger partial charge is 0.315 e. The van der Waals surface area contributed by atoms with Crippen LogP contribution >= 0.6 is 0 Å². The third-order valence-electron chi connectivity index (χ3n) is 4.46. The molecule has 0 amide bonds. The standard InChI is InChI=1S/C14H20N2/c1-3-7-14(8-4-1)11-15-10-12(14)13-6-2-5-9-16-13/h2,5-6,9,12,15H,1,3-4,7-8,10-11H2. The van der Waals surface area contributed by atoms with E-state index in [1.54, 1.807) is 0 Å². The summed E-state index contributed by atoms with van der Waals surface area (Å²) in [7, 11) is 0. The lowest BCUT2D eigenvalue weighted by Crippen LogP contribution is -2.31. The fraction of sp³-hybridized carbons (Fsp3) is 0.643. The average molecular weight is 216 g/mol. The summed E-state index contributed by atoms with van der Waals surface area (Å²) in [5.74, 6) is 0.647. The van der Waals surface area contributed by atoms with Gasteiger partial charge in [0.25, 0.3) is 0 Å². The quantitative estimate of drug-likeness (QED) is 0.780. The Morgan fingerprint density at radius 1 is 1.19 bits per heavy atom. The molecule has 1 unspecified atom stereocenters. The molecule has 0 bridgehead atoms. The van der Waals surface area contributed by atoms with Crippen molar-refractivity contribution < 1.29 is 0 Å². The molecule has 1 saturated carbocycles. The summed E-state index contributed by atoms with van der Waals surface area (Å²) in [6.07, 6.45) is 8.96. The number of hydrogen-bond acceptors (Lipinski definition) is 2. The van der Waals surface area contributed by atoms with Gasteiger partial charge in [-0.2, -0.15) is 0 Å². The van der Waals surface area contributed by atoms with Crippen LogP contribution in [-0.2, 0) is 0 Å². The van der Waals surface area contributed by atoms with Gasteiger partial charge in [0.1, 0.15) is 0 Å². The van der Waals surface area contributed by atoms with Gasteiger partial charge in [-0.05, 0) is 30.4 Å². The molecule has 0 aromatic carbocycles. The Morgan fingerprint density at radius 2 is 2.06 bits per heavy atom. The molecule has 1 atom stereocenters. The number of pyridine rings is 1.